The number of nitrogens with one attached hydrogen (secondary N) is 1. The highest BCUT2D eigenvalue weighted by Gasteiger charge is 2.39. The van der Waals surface area contributed by atoms with Gasteiger partial charge in [0.05, 0.1) is 12.8 Å². The number of carbonyl (C=O) groups is 1. The van der Waals surface area contributed by atoms with Crippen LogP contribution in [0.1, 0.15) is 46.3 Å². The van der Waals surface area contributed by atoms with Crippen molar-refractivity contribution in [1.29, 1.82) is 0 Å². The predicted octanol–water partition coefficient (Wildman–Crippen LogP) is 3.96. The number of rotatable bonds is 6. The first-order valence-electron chi connectivity index (χ1n) is 7.85. The Bertz CT molecular complexity index is 487. The molecule has 1 N–H and O–H groups in total. The van der Waals surface area contributed by atoms with Gasteiger partial charge in [-0.25, -0.2) is 0 Å². The first-order chi connectivity index (χ1) is 9.90. The Kier molecular flexibility index (Phi) is 5.04. The third-order valence-electron chi connectivity index (χ3n) is 4.51. The van der Waals surface area contributed by atoms with E-state index in [0.29, 0.717) is 24.7 Å². The van der Waals surface area contributed by atoms with Crippen LogP contribution in [0.3, 0.4) is 0 Å². The van der Waals surface area contributed by atoms with Crippen molar-refractivity contribution in [1.82, 2.24) is 5.32 Å². The maximum atomic E-state index is 12.7. The Hall–Kier alpha value is -1.35. The van der Waals surface area contributed by atoms with Crippen molar-refractivity contribution < 1.29 is 9.21 Å². The third kappa shape index (κ3) is 4.07. The van der Waals surface area contributed by atoms with E-state index in [2.05, 4.69) is 45.2 Å². The molecule has 0 aromatic carbocycles. The molecule has 3 atom stereocenters. The fourth-order valence-corrected chi connectivity index (χ4v) is 3.45. The summed E-state index contributed by atoms with van der Waals surface area (Å²) in [7, 11) is 0. The normalized spacial score (nSPS) is 25.7. The lowest BCUT2D eigenvalue weighted by Crippen LogP contribution is -2.40. The molecule has 3 nitrogen and oxygen atoms in total. The van der Waals surface area contributed by atoms with Gasteiger partial charge in [0.15, 0.2) is 0 Å². The minimum absolute atomic E-state index is 0.0615. The molecule has 0 fully saturated rings. The highest BCUT2D eigenvalue weighted by Crippen LogP contribution is 2.41. The van der Waals surface area contributed by atoms with E-state index in [1.165, 1.54) is 0 Å². The smallest absolute Gasteiger partial charge is 0.138 e. The summed E-state index contributed by atoms with van der Waals surface area (Å²) in [5.74, 6) is 1.73. The second-order valence-corrected chi connectivity index (χ2v) is 6.99. The molecule has 0 amide bonds. The zero-order chi connectivity index (χ0) is 15.5. The third-order valence-corrected chi connectivity index (χ3v) is 4.51. The number of Topliss-reactive ketones (excluding diaryl/α,β-unsaturated/α-hetero) is 1. The Labute approximate surface area is 127 Å². The molecule has 1 heterocycles. The number of ketones is 1. The van der Waals surface area contributed by atoms with Crippen LogP contribution in [-0.4, -0.2) is 11.8 Å². The molecule has 116 valence electrons. The van der Waals surface area contributed by atoms with E-state index in [1.54, 1.807) is 6.26 Å². The van der Waals surface area contributed by atoms with Gasteiger partial charge in [-0.05, 0) is 36.8 Å². The van der Waals surface area contributed by atoms with Crippen molar-refractivity contribution in [2.75, 3.05) is 0 Å². The van der Waals surface area contributed by atoms with Gasteiger partial charge in [0.1, 0.15) is 11.5 Å². The average molecular weight is 289 g/mol. The molecule has 0 bridgehead atoms. The maximum absolute atomic E-state index is 12.7. The van der Waals surface area contributed by atoms with Gasteiger partial charge in [-0.3, -0.25) is 4.79 Å². The van der Waals surface area contributed by atoms with Crippen LogP contribution in [0.4, 0.5) is 0 Å². The molecular weight excluding hydrogens is 262 g/mol. The summed E-state index contributed by atoms with van der Waals surface area (Å²) in [5.41, 5.74) is 0.0615. The second kappa shape index (κ2) is 6.61. The van der Waals surface area contributed by atoms with E-state index in [0.717, 1.165) is 12.2 Å². The van der Waals surface area contributed by atoms with Crippen LogP contribution >= 0.6 is 0 Å². The Morgan fingerprint density at radius 3 is 2.90 bits per heavy atom. The lowest BCUT2D eigenvalue weighted by molar-refractivity contribution is -0.128. The maximum Gasteiger partial charge on any atom is 0.138 e. The average Bonchev–Trinajstić information content (AvgIpc) is 2.88. The van der Waals surface area contributed by atoms with Crippen LogP contribution in [0.15, 0.2) is 35.0 Å². The van der Waals surface area contributed by atoms with Crippen molar-refractivity contribution in [3.05, 3.63) is 36.3 Å². The first kappa shape index (κ1) is 16.0. The Balaban J connectivity index is 1.89. The summed E-state index contributed by atoms with van der Waals surface area (Å²) in [6.45, 7) is 9.30. The molecule has 1 aromatic heterocycles. The molecular formula is C18H27NO2. The number of allylic oxidation sites excluding steroid dienone is 2. The minimum atomic E-state index is 0.0615. The molecule has 0 saturated heterocycles. The largest absolute Gasteiger partial charge is 0.468 e. The van der Waals surface area contributed by atoms with Crippen LogP contribution in [0.2, 0.25) is 0 Å². The molecule has 21 heavy (non-hydrogen) atoms. The second-order valence-electron chi connectivity index (χ2n) is 6.99. The van der Waals surface area contributed by atoms with Gasteiger partial charge in [-0.2, -0.15) is 0 Å². The zero-order valence-electron chi connectivity index (χ0n) is 13.6. The van der Waals surface area contributed by atoms with Crippen LogP contribution in [0, 0.1) is 17.3 Å². The van der Waals surface area contributed by atoms with Gasteiger partial charge in [0.2, 0.25) is 0 Å². The highest BCUT2D eigenvalue weighted by molar-refractivity contribution is 5.83. The summed E-state index contributed by atoms with van der Waals surface area (Å²) in [6, 6.07) is 3.99. The first-order valence-corrected chi connectivity index (χ1v) is 7.85. The summed E-state index contributed by atoms with van der Waals surface area (Å²) < 4.78 is 5.30. The van der Waals surface area contributed by atoms with Gasteiger partial charge in [-0.15, -0.1) is 0 Å². The van der Waals surface area contributed by atoms with Crippen molar-refractivity contribution in [3.8, 4) is 0 Å². The summed E-state index contributed by atoms with van der Waals surface area (Å²) in [6.07, 6.45) is 7.64. The minimum Gasteiger partial charge on any atom is -0.468 e. The summed E-state index contributed by atoms with van der Waals surface area (Å²) in [5, 5.41) is 3.36. The molecule has 0 unspecified atom stereocenters. The van der Waals surface area contributed by atoms with E-state index in [9.17, 15) is 4.79 Å². The fourth-order valence-electron chi connectivity index (χ4n) is 3.45. The molecule has 0 spiro atoms. The molecule has 0 saturated carbocycles. The Morgan fingerprint density at radius 1 is 1.52 bits per heavy atom. The van der Waals surface area contributed by atoms with Crippen molar-refractivity contribution >= 4 is 5.78 Å². The molecule has 1 aliphatic rings. The molecule has 1 aliphatic carbocycles. The zero-order valence-corrected chi connectivity index (χ0v) is 13.6. The van der Waals surface area contributed by atoms with E-state index >= 15 is 0 Å². The lowest BCUT2D eigenvalue weighted by atomic mass is 9.65. The van der Waals surface area contributed by atoms with Gasteiger partial charge < -0.3 is 9.73 Å². The SMILES string of the molecule is C[C@H](CC(=O)[C@@H]1[C@@H](C)C=CCC1(C)C)NCc1ccco1. The lowest BCUT2D eigenvalue weighted by Gasteiger charge is -2.39. The number of furan rings is 1. The standard InChI is InChI=1S/C18H27NO2/c1-13-7-5-9-18(3,4)17(13)16(20)11-14(2)19-12-15-8-6-10-21-15/h5-8,10,13-14,17,19H,9,11-12H2,1-4H3/t13-,14+,17-/m0/s1. The van der Waals surface area contributed by atoms with E-state index < -0.39 is 0 Å². The topological polar surface area (TPSA) is 42.2 Å². The predicted molar refractivity (Wildman–Crippen MR) is 84.8 cm³/mol. The van der Waals surface area contributed by atoms with E-state index in [1.807, 2.05) is 12.1 Å². The number of carbonyl (C=O) groups excluding carboxylic acids is 1. The van der Waals surface area contributed by atoms with Crippen molar-refractivity contribution in [2.45, 2.75) is 53.1 Å². The van der Waals surface area contributed by atoms with Crippen molar-refractivity contribution in [3.63, 3.8) is 0 Å². The van der Waals surface area contributed by atoms with Gasteiger partial charge in [0, 0.05) is 18.4 Å². The van der Waals surface area contributed by atoms with Crippen LogP contribution in [-0.2, 0) is 11.3 Å². The van der Waals surface area contributed by atoms with Gasteiger partial charge in [0.25, 0.3) is 0 Å². The molecule has 0 aliphatic heterocycles. The fraction of sp³-hybridized carbons (Fsp3) is 0.611. The van der Waals surface area contributed by atoms with Gasteiger partial charge in [-0.1, -0.05) is 32.9 Å². The quantitative estimate of drug-likeness (QED) is 0.806. The molecule has 1 aromatic rings. The Morgan fingerprint density at radius 2 is 2.29 bits per heavy atom. The van der Waals surface area contributed by atoms with Crippen LogP contribution in [0.25, 0.3) is 0 Å². The highest BCUT2D eigenvalue weighted by atomic mass is 16.3. The number of hydrogen-bond donors (Lipinski definition) is 1. The van der Waals surface area contributed by atoms with E-state index in [4.69, 9.17) is 4.42 Å². The van der Waals surface area contributed by atoms with Gasteiger partial charge >= 0.3 is 0 Å². The molecule has 2 rings (SSSR count). The van der Waals surface area contributed by atoms with Crippen molar-refractivity contribution in [2.24, 2.45) is 17.3 Å². The van der Waals surface area contributed by atoms with E-state index in [-0.39, 0.29) is 17.4 Å². The molecule has 3 heteroatoms. The summed E-state index contributed by atoms with van der Waals surface area (Å²) >= 11 is 0. The molecule has 0 radical (unpaired) electrons. The van der Waals surface area contributed by atoms with Crippen LogP contribution < -0.4 is 5.32 Å². The monoisotopic (exact) mass is 289 g/mol. The number of hydrogen-bond acceptors (Lipinski definition) is 3. The summed E-state index contributed by atoms with van der Waals surface area (Å²) in [4.78, 5) is 12.7. The van der Waals surface area contributed by atoms with Crippen LogP contribution in [0.5, 0.6) is 0 Å².